The lowest BCUT2D eigenvalue weighted by atomic mass is 9.76. The van der Waals surface area contributed by atoms with Crippen LogP contribution in [0.25, 0.3) is 0 Å². The maximum atomic E-state index is 11.4. The predicted octanol–water partition coefficient (Wildman–Crippen LogP) is 3.67. The van der Waals surface area contributed by atoms with E-state index in [-0.39, 0.29) is 10.7 Å². The summed E-state index contributed by atoms with van der Waals surface area (Å²) in [5, 5.41) is -0.267. The first kappa shape index (κ1) is 14.2. The highest BCUT2D eigenvalue weighted by Crippen LogP contribution is 2.46. The van der Waals surface area contributed by atoms with Crippen LogP contribution < -0.4 is 9.47 Å². The van der Waals surface area contributed by atoms with E-state index in [1.807, 2.05) is 18.2 Å². The third-order valence-electron chi connectivity index (χ3n) is 4.03. The molecule has 0 heterocycles. The van der Waals surface area contributed by atoms with E-state index >= 15 is 0 Å². The average molecular weight is 283 g/mol. The van der Waals surface area contributed by atoms with Gasteiger partial charge in [-0.2, -0.15) is 0 Å². The van der Waals surface area contributed by atoms with Crippen molar-refractivity contribution in [2.45, 2.75) is 37.5 Å². The van der Waals surface area contributed by atoms with Gasteiger partial charge in [-0.25, -0.2) is 0 Å². The van der Waals surface area contributed by atoms with Crippen LogP contribution in [0.4, 0.5) is 0 Å². The van der Waals surface area contributed by atoms with Gasteiger partial charge in [-0.3, -0.25) is 4.79 Å². The van der Waals surface area contributed by atoms with Crippen LogP contribution in [-0.2, 0) is 10.2 Å². The highest BCUT2D eigenvalue weighted by molar-refractivity contribution is 6.63. The quantitative estimate of drug-likeness (QED) is 0.773. The molecule has 0 spiro atoms. The van der Waals surface area contributed by atoms with E-state index in [2.05, 4.69) is 0 Å². The maximum Gasteiger partial charge on any atom is 0.222 e. The Kier molecular flexibility index (Phi) is 4.35. The fourth-order valence-electron chi connectivity index (χ4n) is 3.05. The molecule has 0 radical (unpaired) electrons. The van der Waals surface area contributed by atoms with Gasteiger partial charge in [0.05, 0.1) is 14.2 Å². The summed E-state index contributed by atoms with van der Waals surface area (Å²) in [6, 6.07) is 5.89. The Morgan fingerprint density at radius 1 is 1.21 bits per heavy atom. The molecule has 1 aliphatic carbocycles. The van der Waals surface area contributed by atoms with Gasteiger partial charge in [-0.1, -0.05) is 18.9 Å². The van der Waals surface area contributed by atoms with E-state index in [0.29, 0.717) is 17.9 Å². The second-order valence-electron chi connectivity index (χ2n) is 5.09. The zero-order chi connectivity index (χ0) is 13.9. The Labute approximate surface area is 118 Å². The van der Waals surface area contributed by atoms with Crippen LogP contribution in [0.3, 0.4) is 0 Å². The van der Waals surface area contributed by atoms with Gasteiger partial charge >= 0.3 is 0 Å². The summed E-state index contributed by atoms with van der Waals surface area (Å²) in [6.45, 7) is 0. The monoisotopic (exact) mass is 282 g/mol. The minimum Gasteiger partial charge on any atom is -0.493 e. The molecule has 0 saturated heterocycles. The highest BCUT2D eigenvalue weighted by atomic mass is 35.5. The van der Waals surface area contributed by atoms with Crippen molar-refractivity contribution in [3.05, 3.63) is 23.8 Å². The Morgan fingerprint density at radius 2 is 1.84 bits per heavy atom. The van der Waals surface area contributed by atoms with Gasteiger partial charge in [0.25, 0.3) is 0 Å². The SMILES string of the molecule is COc1ccc(C2(CC(=O)Cl)CCCC2)cc1OC. The second kappa shape index (κ2) is 5.83. The summed E-state index contributed by atoms with van der Waals surface area (Å²) < 4.78 is 10.6. The zero-order valence-electron chi connectivity index (χ0n) is 11.4. The molecule has 0 atom stereocenters. The standard InChI is InChI=1S/C15H19ClO3/c1-18-12-6-5-11(9-13(12)19-2)15(10-14(16)17)7-3-4-8-15/h5-6,9H,3-4,7-8,10H2,1-2H3. The number of carbonyl (C=O) groups excluding carboxylic acids is 1. The van der Waals surface area contributed by atoms with Crippen molar-refractivity contribution in [1.29, 1.82) is 0 Å². The van der Waals surface area contributed by atoms with Gasteiger partial charge in [-0.05, 0) is 42.1 Å². The molecule has 0 aromatic heterocycles. The molecule has 1 aliphatic rings. The van der Waals surface area contributed by atoms with E-state index in [1.165, 1.54) is 0 Å². The lowest BCUT2D eigenvalue weighted by Crippen LogP contribution is -2.24. The Bertz CT molecular complexity index is 464. The summed E-state index contributed by atoms with van der Waals surface area (Å²) in [4.78, 5) is 11.4. The molecule has 2 rings (SSSR count). The van der Waals surface area contributed by atoms with Crippen LogP contribution in [0, 0.1) is 0 Å². The van der Waals surface area contributed by atoms with Crippen molar-refractivity contribution in [3.8, 4) is 11.5 Å². The van der Waals surface area contributed by atoms with Crippen LogP contribution >= 0.6 is 11.6 Å². The first-order valence-electron chi connectivity index (χ1n) is 6.52. The van der Waals surface area contributed by atoms with Gasteiger partial charge < -0.3 is 9.47 Å². The van der Waals surface area contributed by atoms with Crippen LogP contribution in [0.1, 0.15) is 37.7 Å². The van der Waals surface area contributed by atoms with Gasteiger partial charge in [0.2, 0.25) is 5.24 Å². The third kappa shape index (κ3) is 2.86. The van der Waals surface area contributed by atoms with Crippen molar-refractivity contribution in [2.75, 3.05) is 14.2 Å². The molecular formula is C15H19ClO3. The molecule has 3 nitrogen and oxygen atoms in total. The molecule has 1 aromatic rings. The Balaban J connectivity index is 2.39. The Morgan fingerprint density at radius 3 is 2.37 bits per heavy atom. The minimum atomic E-state index is -0.267. The normalized spacial score (nSPS) is 17.2. The molecule has 1 fully saturated rings. The Hall–Kier alpha value is -1.22. The minimum absolute atomic E-state index is 0.127. The van der Waals surface area contributed by atoms with Gasteiger partial charge in [0.15, 0.2) is 11.5 Å². The fraction of sp³-hybridized carbons (Fsp3) is 0.533. The summed E-state index contributed by atoms with van der Waals surface area (Å²) >= 11 is 5.63. The number of halogens is 1. The van der Waals surface area contributed by atoms with E-state index < -0.39 is 0 Å². The van der Waals surface area contributed by atoms with Crippen LogP contribution in [0.15, 0.2) is 18.2 Å². The van der Waals surface area contributed by atoms with Crippen molar-refractivity contribution in [2.24, 2.45) is 0 Å². The first-order chi connectivity index (χ1) is 9.11. The number of hydrogen-bond acceptors (Lipinski definition) is 3. The zero-order valence-corrected chi connectivity index (χ0v) is 12.1. The highest BCUT2D eigenvalue weighted by Gasteiger charge is 2.37. The van der Waals surface area contributed by atoms with E-state index in [1.54, 1.807) is 14.2 Å². The number of benzene rings is 1. The maximum absolute atomic E-state index is 11.4. The summed E-state index contributed by atoms with van der Waals surface area (Å²) in [6.07, 6.45) is 4.67. The number of hydrogen-bond donors (Lipinski definition) is 0. The van der Waals surface area contributed by atoms with E-state index in [0.717, 1.165) is 31.2 Å². The largest absolute Gasteiger partial charge is 0.493 e. The number of methoxy groups -OCH3 is 2. The van der Waals surface area contributed by atoms with Crippen molar-refractivity contribution < 1.29 is 14.3 Å². The molecule has 19 heavy (non-hydrogen) atoms. The van der Waals surface area contributed by atoms with Gasteiger partial charge in [0, 0.05) is 11.8 Å². The van der Waals surface area contributed by atoms with E-state index in [9.17, 15) is 4.79 Å². The summed E-state index contributed by atoms with van der Waals surface area (Å²) in [5.74, 6) is 1.41. The molecular weight excluding hydrogens is 264 g/mol. The van der Waals surface area contributed by atoms with Crippen molar-refractivity contribution in [1.82, 2.24) is 0 Å². The number of ether oxygens (including phenoxy) is 2. The third-order valence-corrected chi connectivity index (χ3v) is 4.17. The molecule has 0 aliphatic heterocycles. The molecule has 0 N–H and O–H groups in total. The van der Waals surface area contributed by atoms with Gasteiger partial charge in [0.1, 0.15) is 0 Å². The lowest BCUT2D eigenvalue weighted by molar-refractivity contribution is -0.112. The molecule has 1 aromatic carbocycles. The van der Waals surface area contributed by atoms with Crippen molar-refractivity contribution >= 4 is 16.8 Å². The fourth-order valence-corrected chi connectivity index (χ4v) is 3.31. The average Bonchev–Trinajstić information content (AvgIpc) is 2.86. The van der Waals surface area contributed by atoms with Crippen LogP contribution in [0.5, 0.6) is 11.5 Å². The molecule has 104 valence electrons. The van der Waals surface area contributed by atoms with E-state index in [4.69, 9.17) is 21.1 Å². The topological polar surface area (TPSA) is 35.5 Å². The lowest BCUT2D eigenvalue weighted by Gasteiger charge is -2.28. The molecule has 4 heteroatoms. The molecule has 0 unspecified atom stereocenters. The smallest absolute Gasteiger partial charge is 0.222 e. The summed E-state index contributed by atoms with van der Waals surface area (Å²) in [7, 11) is 3.24. The number of rotatable bonds is 5. The molecule has 0 amide bonds. The predicted molar refractivity (Wildman–Crippen MR) is 75.2 cm³/mol. The van der Waals surface area contributed by atoms with Crippen LogP contribution in [-0.4, -0.2) is 19.5 Å². The van der Waals surface area contributed by atoms with Crippen molar-refractivity contribution in [3.63, 3.8) is 0 Å². The van der Waals surface area contributed by atoms with Gasteiger partial charge in [-0.15, -0.1) is 0 Å². The second-order valence-corrected chi connectivity index (χ2v) is 5.51. The van der Waals surface area contributed by atoms with Crippen LogP contribution in [0.2, 0.25) is 0 Å². The summed E-state index contributed by atoms with van der Waals surface area (Å²) in [5.41, 5.74) is 0.995. The number of carbonyl (C=O) groups is 1. The molecule has 1 saturated carbocycles. The molecule has 0 bridgehead atoms. The first-order valence-corrected chi connectivity index (χ1v) is 6.90.